The molecule has 0 aliphatic carbocycles. The van der Waals surface area contributed by atoms with Gasteiger partial charge < -0.3 is 9.47 Å². The molecule has 0 unspecified atom stereocenters. The van der Waals surface area contributed by atoms with Gasteiger partial charge in [-0.3, -0.25) is 0 Å². The van der Waals surface area contributed by atoms with Crippen LogP contribution < -0.4 is 0 Å². The average molecular weight is 285 g/mol. The molecular weight excluding hydrogens is 270 g/mol. The van der Waals surface area contributed by atoms with Gasteiger partial charge in [0, 0.05) is 5.56 Å². The maximum absolute atomic E-state index is 12.0. The van der Waals surface area contributed by atoms with Crippen molar-refractivity contribution in [1.82, 2.24) is 4.98 Å². The van der Waals surface area contributed by atoms with Gasteiger partial charge in [-0.15, -0.1) is 0 Å². The second kappa shape index (κ2) is 6.65. The van der Waals surface area contributed by atoms with Crippen LogP contribution in [-0.4, -0.2) is 30.6 Å². The summed E-state index contributed by atoms with van der Waals surface area (Å²) in [6.07, 6.45) is 0. The van der Waals surface area contributed by atoms with Crippen LogP contribution in [0.3, 0.4) is 0 Å². The highest BCUT2D eigenvalue weighted by Gasteiger charge is 2.18. The molecule has 0 bridgehead atoms. The van der Waals surface area contributed by atoms with E-state index in [9.17, 15) is 9.59 Å². The third-order valence-electron chi connectivity index (χ3n) is 2.83. The van der Waals surface area contributed by atoms with Crippen LogP contribution in [0.25, 0.3) is 11.3 Å². The summed E-state index contributed by atoms with van der Waals surface area (Å²) in [5.41, 5.74) is 1.59. The van der Waals surface area contributed by atoms with Gasteiger partial charge in [0.1, 0.15) is 5.69 Å². The normalized spacial score (nSPS) is 10.0. The van der Waals surface area contributed by atoms with Crippen molar-refractivity contribution in [1.29, 1.82) is 0 Å². The Balaban J connectivity index is 2.55. The summed E-state index contributed by atoms with van der Waals surface area (Å²) in [4.78, 5) is 27.9. The molecule has 0 saturated heterocycles. The standard InChI is InChI=1S/C16H15NO4/c1-3-21-15(18)12-9-10-13(16(19)20-2)17-14(12)11-7-5-4-6-8-11/h4-10H,3H2,1-2H3. The van der Waals surface area contributed by atoms with Crippen LogP contribution in [0.4, 0.5) is 0 Å². The smallest absolute Gasteiger partial charge is 0.356 e. The van der Waals surface area contributed by atoms with E-state index in [1.165, 1.54) is 19.2 Å². The lowest BCUT2D eigenvalue weighted by molar-refractivity contribution is 0.0523. The quantitative estimate of drug-likeness (QED) is 0.808. The van der Waals surface area contributed by atoms with Gasteiger partial charge in [0.2, 0.25) is 0 Å². The molecule has 0 fully saturated rings. The Labute approximate surface area is 122 Å². The van der Waals surface area contributed by atoms with Crippen LogP contribution in [0.1, 0.15) is 27.8 Å². The molecule has 5 heteroatoms. The minimum atomic E-state index is -0.553. The number of pyridine rings is 1. The summed E-state index contributed by atoms with van der Waals surface area (Å²) in [6.45, 7) is 2.00. The van der Waals surface area contributed by atoms with Crippen molar-refractivity contribution in [3.05, 3.63) is 53.7 Å². The number of ether oxygens (including phenoxy) is 2. The highest BCUT2D eigenvalue weighted by atomic mass is 16.5. The van der Waals surface area contributed by atoms with E-state index in [4.69, 9.17) is 4.74 Å². The number of aromatic nitrogens is 1. The predicted octanol–water partition coefficient (Wildman–Crippen LogP) is 2.71. The first kappa shape index (κ1) is 14.7. The first-order valence-corrected chi connectivity index (χ1v) is 6.49. The van der Waals surface area contributed by atoms with E-state index < -0.39 is 11.9 Å². The molecule has 108 valence electrons. The molecule has 0 radical (unpaired) electrons. The van der Waals surface area contributed by atoms with Gasteiger partial charge in [0.15, 0.2) is 0 Å². The third-order valence-corrected chi connectivity index (χ3v) is 2.83. The minimum absolute atomic E-state index is 0.143. The van der Waals surface area contributed by atoms with Crippen LogP contribution in [0.5, 0.6) is 0 Å². The van der Waals surface area contributed by atoms with Crippen LogP contribution in [0.2, 0.25) is 0 Å². The molecule has 2 rings (SSSR count). The second-order valence-corrected chi connectivity index (χ2v) is 4.17. The van der Waals surface area contributed by atoms with Crippen molar-refractivity contribution >= 4 is 11.9 Å². The Morgan fingerprint density at radius 1 is 1.05 bits per heavy atom. The molecule has 0 atom stereocenters. The number of hydrogen-bond donors (Lipinski definition) is 0. The number of carbonyl (C=O) groups is 2. The van der Waals surface area contributed by atoms with Crippen molar-refractivity contribution in [3.63, 3.8) is 0 Å². The Morgan fingerprint density at radius 2 is 1.76 bits per heavy atom. The zero-order chi connectivity index (χ0) is 15.2. The maximum Gasteiger partial charge on any atom is 0.356 e. The fraction of sp³-hybridized carbons (Fsp3) is 0.188. The molecule has 1 aromatic heterocycles. The highest BCUT2D eigenvalue weighted by Crippen LogP contribution is 2.23. The lowest BCUT2D eigenvalue weighted by Crippen LogP contribution is -2.11. The van der Waals surface area contributed by atoms with E-state index >= 15 is 0 Å². The molecule has 0 aliphatic rings. The third kappa shape index (κ3) is 3.25. The second-order valence-electron chi connectivity index (χ2n) is 4.17. The Kier molecular flexibility index (Phi) is 4.66. The highest BCUT2D eigenvalue weighted by molar-refractivity contribution is 5.97. The summed E-state index contributed by atoms with van der Waals surface area (Å²) in [5.74, 6) is -1.03. The number of rotatable bonds is 4. The molecular formula is C16H15NO4. The Morgan fingerprint density at radius 3 is 2.38 bits per heavy atom. The number of nitrogens with zero attached hydrogens (tertiary/aromatic N) is 1. The largest absolute Gasteiger partial charge is 0.464 e. The average Bonchev–Trinajstić information content (AvgIpc) is 2.54. The molecule has 0 N–H and O–H groups in total. The van der Waals surface area contributed by atoms with Crippen LogP contribution >= 0.6 is 0 Å². The number of hydrogen-bond acceptors (Lipinski definition) is 5. The molecule has 0 saturated carbocycles. The van der Waals surface area contributed by atoms with Gasteiger partial charge in [-0.05, 0) is 19.1 Å². The first-order chi connectivity index (χ1) is 10.2. The summed E-state index contributed by atoms with van der Waals surface area (Å²) in [6, 6.07) is 12.1. The van der Waals surface area contributed by atoms with E-state index in [2.05, 4.69) is 9.72 Å². The molecule has 1 aromatic carbocycles. The summed E-state index contributed by atoms with van der Waals surface area (Å²) < 4.78 is 9.68. The van der Waals surface area contributed by atoms with Gasteiger partial charge in [-0.25, -0.2) is 14.6 Å². The Bertz CT molecular complexity index is 653. The minimum Gasteiger partial charge on any atom is -0.464 e. The SMILES string of the molecule is CCOC(=O)c1ccc(C(=O)OC)nc1-c1ccccc1. The lowest BCUT2D eigenvalue weighted by Gasteiger charge is -2.09. The first-order valence-electron chi connectivity index (χ1n) is 6.49. The Hall–Kier alpha value is -2.69. The monoisotopic (exact) mass is 285 g/mol. The lowest BCUT2D eigenvalue weighted by atomic mass is 10.1. The zero-order valence-electron chi connectivity index (χ0n) is 11.8. The van der Waals surface area contributed by atoms with Crippen LogP contribution in [0, 0.1) is 0 Å². The fourth-order valence-electron chi connectivity index (χ4n) is 1.87. The number of benzene rings is 1. The van der Waals surface area contributed by atoms with Gasteiger partial charge >= 0.3 is 11.9 Å². The molecule has 0 aliphatic heterocycles. The van der Waals surface area contributed by atoms with E-state index in [0.717, 1.165) is 5.56 Å². The number of esters is 2. The van der Waals surface area contributed by atoms with Gasteiger partial charge in [-0.2, -0.15) is 0 Å². The summed E-state index contributed by atoms with van der Waals surface area (Å²) >= 11 is 0. The van der Waals surface area contributed by atoms with E-state index in [1.807, 2.05) is 30.3 Å². The summed E-state index contributed by atoms with van der Waals surface area (Å²) in [7, 11) is 1.28. The van der Waals surface area contributed by atoms with Gasteiger partial charge in [-0.1, -0.05) is 30.3 Å². The van der Waals surface area contributed by atoms with Gasteiger partial charge in [0.05, 0.1) is 25.0 Å². The number of carbonyl (C=O) groups excluding carboxylic acids is 2. The van der Waals surface area contributed by atoms with E-state index in [1.54, 1.807) is 6.92 Å². The van der Waals surface area contributed by atoms with E-state index in [0.29, 0.717) is 11.3 Å². The predicted molar refractivity (Wildman–Crippen MR) is 77.0 cm³/mol. The molecule has 1 heterocycles. The molecule has 5 nitrogen and oxygen atoms in total. The van der Waals surface area contributed by atoms with Crippen molar-refractivity contribution in [3.8, 4) is 11.3 Å². The molecule has 0 amide bonds. The molecule has 0 spiro atoms. The number of methoxy groups -OCH3 is 1. The van der Waals surface area contributed by atoms with Crippen molar-refractivity contribution in [2.45, 2.75) is 6.92 Å². The van der Waals surface area contributed by atoms with Crippen LogP contribution in [0.15, 0.2) is 42.5 Å². The van der Waals surface area contributed by atoms with Crippen molar-refractivity contribution < 1.29 is 19.1 Å². The van der Waals surface area contributed by atoms with Crippen molar-refractivity contribution in [2.24, 2.45) is 0 Å². The molecule has 21 heavy (non-hydrogen) atoms. The van der Waals surface area contributed by atoms with E-state index in [-0.39, 0.29) is 12.3 Å². The van der Waals surface area contributed by atoms with Crippen molar-refractivity contribution in [2.75, 3.05) is 13.7 Å². The molecule has 2 aromatic rings. The summed E-state index contributed by atoms with van der Waals surface area (Å²) in [5, 5.41) is 0. The zero-order valence-corrected chi connectivity index (χ0v) is 11.8. The van der Waals surface area contributed by atoms with Gasteiger partial charge in [0.25, 0.3) is 0 Å². The maximum atomic E-state index is 12.0. The topological polar surface area (TPSA) is 65.5 Å². The van der Waals surface area contributed by atoms with Crippen LogP contribution in [-0.2, 0) is 9.47 Å². The fourth-order valence-corrected chi connectivity index (χ4v) is 1.87.